The van der Waals surface area contributed by atoms with Crippen LogP contribution in [0.2, 0.25) is 0 Å². The normalized spacial score (nSPS) is 31.0. The van der Waals surface area contributed by atoms with Crippen molar-refractivity contribution in [3.05, 3.63) is 0 Å². The summed E-state index contributed by atoms with van der Waals surface area (Å²) in [6.07, 6.45) is 3.18. The zero-order chi connectivity index (χ0) is 12.4. The molecule has 2 heterocycles. The Balaban J connectivity index is 1.82. The first-order valence-electron chi connectivity index (χ1n) is 6.51. The highest BCUT2D eigenvalue weighted by Gasteiger charge is 2.31. The number of amides is 1. The van der Waals surface area contributed by atoms with Gasteiger partial charge >= 0.3 is 0 Å². The molecule has 98 valence electrons. The SMILES string of the molecule is CN(CN1CCC(N)C1)C(=O)C1CCCN1C. The molecule has 2 fully saturated rings. The molecule has 0 saturated carbocycles. The Bertz CT molecular complexity index is 284. The number of hydrogen-bond acceptors (Lipinski definition) is 4. The summed E-state index contributed by atoms with van der Waals surface area (Å²) in [5.74, 6) is 0.255. The quantitative estimate of drug-likeness (QED) is 0.724. The Hall–Kier alpha value is -0.650. The molecule has 0 aromatic heterocycles. The third kappa shape index (κ3) is 2.97. The van der Waals surface area contributed by atoms with Gasteiger partial charge in [-0.1, -0.05) is 0 Å². The summed E-state index contributed by atoms with van der Waals surface area (Å²) in [6, 6.07) is 0.379. The fraction of sp³-hybridized carbons (Fsp3) is 0.917. The lowest BCUT2D eigenvalue weighted by molar-refractivity contribution is -0.136. The largest absolute Gasteiger partial charge is 0.331 e. The minimum atomic E-state index is 0.0938. The maximum atomic E-state index is 12.3. The van der Waals surface area contributed by atoms with Crippen molar-refractivity contribution in [2.75, 3.05) is 40.4 Å². The Labute approximate surface area is 104 Å². The van der Waals surface area contributed by atoms with E-state index in [1.165, 1.54) is 0 Å². The molecule has 0 aromatic rings. The summed E-state index contributed by atoms with van der Waals surface area (Å²) in [6.45, 7) is 3.69. The van der Waals surface area contributed by atoms with Crippen LogP contribution in [-0.4, -0.2) is 73.1 Å². The number of nitrogens with two attached hydrogens (primary N) is 1. The van der Waals surface area contributed by atoms with Crippen molar-refractivity contribution in [1.82, 2.24) is 14.7 Å². The average molecular weight is 240 g/mol. The third-order valence-electron chi connectivity index (χ3n) is 3.90. The number of carbonyl (C=O) groups excluding carboxylic acids is 1. The minimum Gasteiger partial charge on any atom is -0.331 e. The minimum absolute atomic E-state index is 0.0938. The van der Waals surface area contributed by atoms with Gasteiger partial charge in [0.25, 0.3) is 0 Å². The summed E-state index contributed by atoms with van der Waals surface area (Å²) in [5.41, 5.74) is 5.87. The number of likely N-dealkylation sites (tertiary alicyclic amines) is 2. The van der Waals surface area contributed by atoms with Crippen LogP contribution in [0.15, 0.2) is 0 Å². The highest BCUT2D eigenvalue weighted by molar-refractivity contribution is 5.81. The molecule has 1 amide bonds. The van der Waals surface area contributed by atoms with Crippen LogP contribution >= 0.6 is 0 Å². The van der Waals surface area contributed by atoms with E-state index in [1.807, 2.05) is 19.0 Å². The lowest BCUT2D eigenvalue weighted by Gasteiger charge is -2.28. The number of carbonyl (C=O) groups is 1. The lowest BCUT2D eigenvalue weighted by Crippen LogP contribution is -2.46. The van der Waals surface area contributed by atoms with E-state index in [0.717, 1.165) is 45.6 Å². The van der Waals surface area contributed by atoms with Gasteiger partial charge in [-0.2, -0.15) is 0 Å². The number of hydrogen-bond donors (Lipinski definition) is 1. The molecule has 2 atom stereocenters. The predicted molar refractivity (Wildman–Crippen MR) is 67.5 cm³/mol. The fourth-order valence-corrected chi connectivity index (χ4v) is 2.84. The smallest absolute Gasteiger partial charge is 0.240 e. The molecule has 2 aliphatic rings. The highest BCUT2D eigenvalue weighted by atomic mass is 16.2. The van der Waals surface area contributed by atoms with E-state index in [0.29, 0.717) is 0 Å². The van der Waals surface area contributed by atoms with Gasteiger partial charge < -0.3 is 10.6 Å². The molecular formula is C12H24N4O. The molecule has 2 saturated heterocycles. The van der Waals surface area contributed by atoms with Gasteiger partial charge in [0.1, 0.15) is 0 Å². The lowest BCUT2D eigenvalue weighted by atomic mass is 10.2. The van der Waals surface area contributed by atoms with Crippen LogP contribution in [0, 0.1) is 0 Å². The summed E-state index contributed by atoms with van der Waals surface area (Å²) in [4.78, 5) is 18.5. The summed E-state index contributed by atoms with van der Waals surface area (Å²) < 4.78 is 0. The van der Waals surface area contributed by atoms with Crippen molar-refractivity contribution < 1.29 is 4.79 Å². The Morgan fingerprint density at radius 3 is 2.71 bits per heavy atom. The molecule has 2 N–H and O–H groups in total. The Morgan fingerprint density at radius 1 is 1.41 bits per heavy atom. The zero-order valence-electron chi connectivity index (χ0n) is 10.9. The van der Waals surface area contributed by atoms with Crippen LogP contribution in [0.25, 0.3) is 0 Å². The van der Waals surface area contributed by atoms with Crippen molar-refractivity contribution in [3.63, 3.8) is 0 Å². The van der Waals surface area contributed by atoms with Crippen LogP contribution in [0.5, 0.6) is 0 Å². The molecule has 2 rings (SSSR count). The second-order valence-corrected chi connectivity index (χ2v) is 5.44. The van der Waals surface area contributed by atoms with Crippen LogP contribution in [0.1, 0.15) is 19.3 Å². The van der Waals surface area contributed by atoms with Gasteiger partial charge in [-0.3, -0.25) is 14.6 Å². The molecule has 2 aliphatic heterocycles. The maximum Gasteiger partial charge on any atom is 0.240 e. The highest BCUT2D eigenvalue weighted by Crippen LogP contribution is 2.17. The van der Waals surface area contributed by atoms with Gasteiger partial charge in [-0.25, -0.2) is 0 Å². The molecule has 0 bridgehead atoms. The van der Waals surface area contributed by atoms with E-state index in [4.69, 9.17) is 5.73 Å². The van der Waals surface area contributed by atoms with E-state index in [9.17, 15) is 4.79 Å². The Kier molecular flexibility index (Phi) is 4.01. The summed E-state index contributed by atoms with van der Waals surface area (Å²) in [7, 11) is 3.94. The summed E-state index contributed by atoms with van der Waals surface area (Å²) in [5, 5.41) is 0. The molecule has 0 radical (unpaired) electrons. The monoisotopic (exact) mass is 240 g/mol. The van der Waals surface area contributed by atoms with Crippen LogP contribution in [0.3, 0.4) is 0 Å². The first-order chi connectivity index (χ1) is 8.08. The topological polar surface area (TPSA) is 52.8 Å². The first-order valence-corrected chi connectivity index (χ1v) is 6.51. The molecule has 0 spiro atoms. The predicted octanol–water partition coefficient (Wildman–Crippen LogP) is -0.470. The van der Waals surface area contributed by atoms with Gasteiger partial charge in [-0.15, -0.1) is 0 Å². The van der Waals surface area contributed by atoms with Crippen molar-refractivity contribution in [2.24, 2.45) is 5.73 Å². The van der Waals surface area contributed by atoms with Gasteiger partial charge in [0.05, 0.1) is 12.7 Å². The van der Waals surface area contributed by atoms with Crippen LogP contribution in [0.4, 0.5) is 0 Å². The van der Waals surface area contributed by atoms with Crippen molar-refractivity contribution in [1.29, 1.82) is 0 Å². The summed E-state index contributed by atoms with van der Waals surface area (Å²) >= 11 is 0. The molecule has 2 unspecified atom stereocenters. The van der Waals surface area contributed by atoms with Crippen LogP contribution < -0.4 is 5.73 Å². The second kappa shape index (κ2) is 5.33. The van der Waals surface area contributed by atoms with Gasteiger partial charge in [0.2, 0.25) is 5.91 Å². The van der Waals surface area contributed by atoms with E-state index in [1.54, 1.807) is 0 Å². The number of rotatable bonds is 3. The molecule has 0 aromatic carbocycles. The first kappa shape index (κ1) is 12.8. The Morgan fingerprint density at radius 2 is 2.18 bits per heavy atom. The van der Waals surface area contributed by atoms with Gasteiger partial charge in [-0.05, 0) is 32.9 Å². The van der Waals surface area contributed by atoms with Gasteiger partial charge in [0, 0.05) is 26.2 Å². The van der Waals surface area contributed by atoms with E-state index in [2.05, 4.69) is 9.80 Å². The fourth-order valence-electron chi connectivity index (χ4n) is 2.84. The van der Waals surface area contributed by atoms with Crippen molar-refractivity contribution >= 4 is 5.91 Å². The molecular weight excluding hydrogens is 216 g/mol. The number of likely N-dealkylation sites (N-methyl/N-ethyl adjacent to an activating group) is 2. The van der Waals surface area contributed by atoms with Crippen LogP contribution in [-0.2, 0) is 4.79 Å². The molecule has 17 heavy (non-hydrogen) atoms. The average Bonchev–Trinajstić information content (AvgIpc) is 2.86. The second-order valence-electron chi connectivity index (χ2n) is 5.44. The molecule has 5 nitrogen and oxygen atoms in total. The van der Waals surface area contributed by atoms with Crippen molar-refractivity contribution in [2.45, 2.75) is 31.3 Å². The van der Waals surface area contributed by atoms with E-state index in [-0.39, 0.29) is 18.0 Å². The van der Waals surface area contributed by atoms with E-state index < -0.39 is 0 Å². The van der Waals surface area contributed by atoms with Crippen molar-refractivity contribution in [3.8, 4) is 0 Å². The maximum absolute atomic E-state index is 12.3. The zero-order valence-corrected chi connectivity index (χ0v) is 10.9. The standard InChI is InChI=1S/C12H24N4O/c1-14-6-3-4-11(14)12(17)15(2)9-16-7-5-10(13)8-16/h10-11H,3-9,13H2,1-2H3. The third-order valence-corrected chi connectivity index (χ3v) is 3.90. The molecule has 0 aliphatic carbocycles. The number of nitrogens with zero attached hydrogens (tertiary/aromatic N) is 3. The molecule has 5 heteroatoms. The van der Waals surface area contributed by atoms with Gasteiger partial charge in [0.15, 0.2) is 0 Å². The van der Waals surface area contributed by atoms with E-state index >= 15 is 0 Å².